The molecule has 3 heteroatoms. The number of hydrogen-bond donors (Lipinski definition) is 0. The van der Waals surface area contributed by atoms with Crippen molar-refractivity contribution in [3.05, 3.63) is 47.5 Å². The molecule has 24 heavy (non-hydrogen) atoms. The number of nitrogens with zero attached hydrogens (tertiary/aromatic N) is 2. The molecule has 2 aliphatic rings. The van der Waals surface area contributed by atoms with Crippen molar-refractivity contribution in [1.82, 2.24) is 9.80 Å². The first kappa shape index (κ1) is 17.2. The molecule has 1 aromatic carbocycles. The summed E-state index contributed by atoms with van der Waals surface area (Å²) in [7, 11) is 0. The third-order valence-electron chi connectivity index (χ3n) is 5.85. The van der Waals surface area contributed by atoms with Crippen molar-refractivity contribution in [3.63, 3.8) is 0 Å². The average molecular weight is 326 g/mol. The molecule has 2 fully saturated rings. The van der Waals surface area contributed by atoms with E-state index in [0.717, 1.165) is 32.5 Å². The van der Waals surface area contributed by atoms with Gasteiger partial charge in [-0.2, -0.15) is 0 Å². The maximum absolute atomic E-state index is 12.4. The first-order valence-electron chi connectivity index (χ1n) is 9.26. The molecule has 3 rings (SSSR count). The number of hydrogen-bond acceptors (Lipinski definition) is 2. The van der Waals surface area contributed by atoms with E-state index < -0.39 is 0 Å². The summed E-state index contributed by atoms with van der Waals surface area (Å²) in [5.41, 5.74) is 3.04. The quantitative estimate of drug-likeness (QED) is 0.785. The monoisotopic (exact) mass is 326 g/mol. The molecule has 0 radical (unpaired) electrons. The van der Waals surface area contributed by atoms with Crippen molar-refractivity contribution in [3.8, 4) is 0 Å². The van der Waals surface area contributed by atoms with Gasteiger partial charge in [0.25, 0.3) is 0 Å². The van der Waals surface area contributed by atoms with Crippen LogP contribution in [0.2, 0.25) is 0 Å². The highest BCUT2D eigenvalue weighted by molar-refractivity contribution is 5.77. The second-order valence-electron chi connectivity index (χ2n) is 7.65. The molecule has 2 saturated heterocycles. The summed E-state index contributed by atoms with van der Waals surface area (Å²) in [6.07, 6.45) is 6.46. The van der Waals surface area contributed by atoms with Gasteiger partial charge >= 0.3 is 0 Å². The van der Waals surface area contributed by atoms with E-state index in [0.29, 0.717) is 11.3 Å². The normalized spacial score (nSPS) is 22.2. The first-order valence-corrected chi connectivity index (χ1v) is 9.26. The van der Waals surface area contributed by atoms with Gasteiger partial charge in [0.05, 0.1) is 0 Å². The van der Waals surface area contributed by atoms with Gasteiger partial charge in [-0.1, -0.05) is 42.0 Å². The van der Waals surface area contributed by atoms with Crippen LogP contribution in [0.15, 0.2) is 42.0 Å². The summed E-state index contributed by atoms with van der Waals surface area (Å²) < 4.78 is 0. The molecule has 0 unspecified atom stereocenters. The number of piperidine rings is 2. The first-order chi connectivity index (χ1) is 11.6. The molecule has 0 saturated carbocycles. The molecule has 2 heterocycles. The van der Waals surface area contributed by atoms with E-state index in [-0.39, 0.29) is 0 Å². The van der Waals surface area contributed by atoms with Crippen LogP contribution in [0.1, 0.15) is 45.1 Å². The molecule has 3 nitrogen and oxygen atoms in total. The molecule has 0 bridgehead atoms. The lowest BCUT2D eigenvalue weighted by Crippen LogP contribution is -2.51. The average Bonchev–Trinajstić information content (AvgIpc) is 2.61. The molecule has 1 amide bonds. The fourth-order valence-electron chi connectivity index (χ4n) is 4.09. The van der Waals surface area contributed by atoms with Crippen molar-refractivity contribution in [1.29, 1.82) is 0 Å². The highest BCUT2D eigenvalue weighted by Gasteiger charge is 2.40. The maximum atomic E-state index is 12.4. The Morgan fingerprint density at radius 1 is 1.17 bits per heavy atom. The van der Waals surface area contributed by atoms with Gasteiger partial charge in [-0.15, -0.1) is 0 Å². The molecule has 0 N–H and O–H groups in total. The van der Waals surface area contributed by atoms with Crippen LogP contribution in [0.25, 0.3) is 0 Å². The maximum Gasteiger partial charge on any atom is 0.222 e. The van der Waals surface area contributed by atoms with Crippen molar-refractivity contribution in [2.24, 2.45) is 5.41 Å². The van der Waals surface area contributed by atoms with Crippen molar-refractivity contribution < 1.29 is 4.79 Å². The third kappa shape index (κ3) is 4.07. The van der Waals surface area contributed by atoms with Crippen LogP contribution in [0.3, 0.4) is 0 Å². The minimum absolute atomic E-state index is 0.330. The van der Waals surface area contributed by atoms with Crippen molar-refractivity contribution in [2.75, 3.05) is 26.2 Å². The predicted molar refractivity (Wildman–Crippen MR) is 98.6 cm³/mol. The molecule has 1 spiro atoms. The number of carbonyl (C=O) groups excluding carboxylic acids is 1. The van der Waals surface area contributed by atoms with Crippen LogP contribution >= 0.6 is 0 Å². The fourth-order valence-corrected chi connectivity index (χ4v) is 4.09. The van der Waals surface area contributed by atoms with Crippen LogP contribution in [0.5, 0.6) is 0 Å². The van der Waals surface area contributed by atoms with Crippen LogP contribution < -0.4 is 0 Å². The Morgan fingerprint density at radius 2 is 1.88 bits per heavy atom. The number of carbonyl (C=O) groups is 1. The van der Waals surface area contributed by atoms with Gasteiger partial charge in [0.2, 0.25) is 5.91 Å². The Bertz CT molecular complexity index is 585. The summed E-state index contributed by atoms with van der Waals surface area (Å²) in [4.78, 5) is 17.1. The predicted octanol–water partition coefficient (Wildman–Crippen LogP) is 3.86. The Morgan fingerprint density at radius 3 is 2.54 bits per heavy atom. The van der Waals surface area contributed by atoms with Gasteiger partial charge in [-0.25, -0.2) is 0 Å². The van der Waals surface area contributed by atoms with E-state index in [2.05, 4.69) is 54.0 Å². The lowest BCUT2D eigenvalue weighted by molar-refractivity contribution is -0.139. The lowest BCUT2D eigenvalue weighted by Gasteiger charge is -2.47. The number of rotatable bonds is 4. The summed E-state index contributed by atoms with van der Waals surface area (Å²) in [5.74, 6) is 0.330. The van der Waals surface area contributed by atoms with E-state index in [4.69, 9.17) is 0 Å². The second kappa shape index (κ2) is 7.52. The standard InChI is InChI=1S/C21H30N2O/c1-3-18(2)15-22-13-11-21(12-14-22)10-9-20(24)23(17-21)16-19-7-5-4-6-8-19/h3-8H,9-17H2,1-2H3. The van der Waals surface area contributed by atoms with Gasteiger partial charge in [0, 0.05) is 26.1 Å². The van der Waals surface area contributed by atoms with Gasteiger partial charge in [-0.3, -0.25) is 9.69 Å². The number of benzene rings is 1. The number of likely N-dealkylation sites (tertiary alicyclic amines) is 2. The van der Waals surface area contributed by atoms with Crippen LogP contribution in [-0.4, -0.2) is 41.9 Å². The molecular formula is C21H30N2O. The van der Waals surface area contributed by atoms with E-state index >= 15 is 0 Å². The van der Waals surface area contributed by atoms with Crippen LogP contribution in [0.4, 0.5) is 0 Å². The van der Waals surface area contributed by atoms with E-state index in [1.807, 2.05) is 6.07 Å². The largest absolute Gasteiger partial charge is 0.338 e. The van der Waals surface area contributed by atoms with Crippen molar-refractivity contribution in [2.45, 2.75) is 46.1 Å². The Balaban J connectivity index is 1.60. The number of allylic oxidation sites excluding steroid dienone is 1. The summed E-state index contributed by atoms with van der Waals surface area (Å²) >= 11 is 0. The van der Waals surface area contributed by atoms with E-state index in [1.54, 1.807) is 0 Å². The zero-order valence-electron chi connectivity index (χ0n) is 15.1. The lowest BCUT2D eigenvalue weighted by atomic mass is 9.72. The minimum Gasteiger partial charge on any atom is -0.338 e. The second-order valence-corrected chi connectivity index (χ2v) is 7.65. The highest BCUT2D eigenvalue weighted by Crippen LogP contribution is 2.40. The SMILES string of the molecule is CC=C(C)CN1CCC2(CCC(=O)N(Cc3ccccc3)C2)CC1. The van der Waals surface area contributed by atoms with E-state index in [1.165, 1.54) is 37.1 Å². The minimum atomic E-state index is 0.330. The van der Waals surface area contributed by atoms with Crippen LogP contribution in [-0.2, 0) is 11.3 Å². The Kier molecular flexibility index (Phi) is 5.40. The van der Waals surface area contributed by atoms with Gasteiger partial charge in [0.1, 0.15) is 0 Å². The molecule has 0 atom stereocenters. The summed E-state index contributed by atoms with van der Waals surface area (Å²) in [6.45, 7) is 9.47. The topological polar surface area (TPSA) is 23.6 Å². The molecular weight excluding hydrogens is 296 g/mol. The molecule has 1 aromatic rings. The zero-order chi connectivity index (χ0) is 17.0. The van der Waals surface area contributed by atoms with E-state index in [9.17, 15) is 4.79 Å². The molecule has 130 valence electrons. The van der Waals surface area contributed by atoms with Gasteiger partial charge in [0.15, 0.2) is 0 Å². The molecule has 2 aliphatic heterocycles. The van der Waals surface area contributed by atoms with Crippen molar-refractivity contribution >= 4 is 5.91 Å². The Hall–Kier alpha value is -1.61. The van der Waals surface area contributed by atoms with Crippen LogP contribution in [0, 0.1) is 5.41 Å². The molecule has 0 aromatic heterocycles. The Labute approximate surface area is 146 Å². The molecule has 0 aliphatic carbocycles. The summed E-state index contributed by atoms with van der Waals surface area (Å²) in [5, 5.41) is 0. The van der Waals surface area contributed by atoms with Gasteiger partial charge in [-0.05, 0) is 57.2 Å². The zero-order valence-corrected chi connectivity index (χ0v) is 15.1. The summed E-state index contributed by atoms with van der Waals surface area (Å²) in [6, 6.07) is 10.4. The number of amides is 1. The highest BCUT2D eigenvalue weighted by atomic mass is 16.2. The smallest absolute Gasteiger partial charge is 0.222 e. The van der Waals surface area contributed by atoms with Gasteiger partial charge < -0.3 is 4.90 Å². The fraction of sp³-hybridized carbons (Fsp3) is 0.571. The third-order valence-corrected chi connectivity index (χ3v) is 5.85.